The minimum atomic E-state index is -0.510. The molecule has 1 aromatic carbocycles. The molecule has 0 aliphatic heterocycles. The van der Waals surface area contributed by atoms with Crippen molar-refractivity contribution in [2.45, 2.75) is 6.42 Å². The Hall–Kier alpha value is -1.63. The number of imidazole rings is 1. The maximum absolute atomic E-state index is 11.1. The Kier molecular flexibility index (Phi) is 4.04. The van der Waals surface area contributed by atoms with Crippen LogP contribution in [0.15, 0.2) is 24.5 Å². The monoisotopic (exact) mass is 300 g/mol. The van der Waals surface area contributed by atoms with Crippen LogP contribution in [0.3, 0.4) is 0 Å². The molecule has 0 saturated carbocycles. The van der Waals surface area contributed by atoms with Gasteiger partial charge in [-0.2, -0.15) is 0 Å². The van der Waals surface area contributed by atoms with E-state index in [4.69, 9.17) is 28.9 Å². The minimum absolute atomic E-state index is 0.134. The lowest BCUT2D eigenvalue weighted by atomic mass is 10.2. The summed E-state index contributed by atoms with van der Waals surface area (Å²) in [6.45, 7) is 0.395. The second-order valence-corrected chi connectivity index (χ2v) is 4.58. The van der Waals surface area contributed by atoms with Gasteiger partial charge in [0, 0.05) is 24.9 Å². The summed E-state index contributed by atoms with van der Waals surface area (Å²) in [5, 5.41) is 11.5. The SMILES string of the molecule is NCCc1nccn1-c1cc(Cl)c(Cl)cc1[N+](=O)[O-]. The summed E-state index contributed by atoms with van der Waals surface area (Å²) >= 11 is 11.7. The third-order valence-corrected chi connectivity index (χ3v) is 3.28. The third-order valence-electron chi connectivity index (χ3n) is 2.56. The van der Waals surface area contributed by atoms with Gasteiger partial charge in [0.2, 0.25) is 0 Å². The molecule has 0 amide bonds. The molecule has 1 aromatic heterocycles. The first-order valence-electron chi connectivity index (χ1n) is 5.40. The fourth-order valence-electron chi connectivity index (χ4n) is 1.73. The fraction of sp³-hybridized carbons (Fsp3) is 0.182. The van der Waals surface area contributed by atoms with Gasteiger partial charge in [0.05, 0.1) is 15.0 Å². The van der Waals surface area contributed by atoms with Gasteiger partial charge in [-0.05, 0) is 12.6 Å². The molecule has 8 heteroatoms. The summed E-state index contributed by atoms with van der Waals surface area (Å²) in [6, 6.07) is 2.68. The van der Waals surface area contributed by atoms with Crippen LogP contribution in [0.4, 0.5) is 5.69 Å². The average molecular weight is 301 g/mol. The van der Waals surface area contributed by atoms with E-state index < -0.39 is 4.92 Å². The number of rotatable bonds is 4. The van der Waals surface area contributed by atoms with Gasteiger partial charge in [-0.1, -0.05) is 23.2 Å². The Morgan fingerprint density at radius 2 is 2.05 bits per heavy atom. The first-order chi connectivity index (χ1) is 9.04. The van der Waals surface area contributed by atoms with E-state index in [1.165, 1.54) is 12.1 Å². The minimum Gasteiger partial charge on any atom is -0.330 e. The molecule has 1 heterocycles. The summed E-state index contributed by atoms with van der Waals surface area (Å²) in [4.78, 5) is 14.7. The van der Waals surface area contributed by atoms with Gasteiger partial charge in [-0.25, -0.2) is 4.98 Å². The Morgan fingerprint density at radius 1 is 1.37 bits per heavy atom. The van der Waals surface area contributed by atoms with Crippen LogP contribution in [0, 0.1) is 10.1 Å². The molecule has 0 unspecified atom stereocenters. The highest BCUT2D eigenvalue weighted by atomic mass is 35.5. The molecule has 0 atom stereocenters. The number of nitro benzene ring substituents is 1. The van der Waals surface area contributed by atoms with Gasteiger partial charge in [0.15, 0.2) is 0 Å². The van der Waals surface area contributed by atoms with Crippen LogP contribution >= 0.6 is 23.2 Å². The van der Waals surface area contributed by atoms with E-state index in [0.29, 0.717) is 24.5 Å². The van der Waals surface area contributed by atoms with Crippen molar-refractivity contribution in [3.8, 4) is 5.69 Å². The molecule has 0 aliphatic rings. The molecule has 2 aromatic rings. The lowest BCUT2D eigenvalue weighted by Gasteiger charge is -2.09. The van der Waals surface area contributed by atoms with E-state index in [1.54, 1.807) is 17.0 Å². The first kappa shape index (κ1) is 13.8. The summed E-state index contributed by atoms with van der Waals surface area (Å²) in [5.41, 5.74) is 5.67. The number of hydrogen-bond acceptors (Lipinski definition) is 4. The zero-order valence-corrected chi connectivity index (χ0v) is 11.2. The average Bonchev–Trinajstić information content (AvgIpc) is 2.80. The number of halogens is 2. The van der Waals surface area contributed by atoms with Crippen molar-refractivity contribution >= 4 is 28.9 Å². The summed E-state index contributed by atoms with van der Waals surface area (Å²) < 4.78 is 1.59. The van der Waals surface area contributed by atoms with Crippen molar-refractivity contribution in [3.63, 3.8) is 0 Å². The predicted octanol–water partition coefficient (Wildman–Crippen LogP) is 2.59. The smallest absolute Gasteiger partial charge is 0.294 e. The van der Waals surface area contributed by atoms with Gasteiger partial charge in [-0.3, -0.25) is 14.7 Å². The maximum atomic E-state index is 11.1. The molecule has 2 N–H and O–H groups in total. The molecule has 19 heavy (non-hydrogen) atoms. The Morgan fingerprint density at radius 3 is 2.68 bits per heavy atom. The third kappa shape index (κ3) is 2.70. The van der Waals surface area contributed by atoms with Crippen molar-refractivity contribution in [2.75, 3.05) is 6.54 Å². The van der Waals surface area contributed by atoms with Crippen molar-refractivity contribution in [1.82, 2.24) is 9.55 Å². The molecule has 100 valence electrons. The standard InChI is InChI=1S/C11H10Cl2N4O2/c12-7-5-9(10(17(18)19)6-8(7)13)16-4-3-15-11(16)1-2-14/h3-6H,1-2,14H2. The van der Waals surface area contributed by atoms with Gasteiger partial charge < -0.3 is 5.73 Å². The second-order valence-electron chi connectivity index (χ2n) is 3.76. The van der Waals surface area contributed by atoms with Gasteiger partial charge in [-0.15, -0.1) is 0 Å². The molecule has 0 aliphatic carbocycles. The largest absolute Gasteiger partial charge is 0.330 e. The maximum Gasteiger partial charge on any atom is 0.294 e. The van der Waals surface area contributed by atoms with Crippen molar-refractivity contribution in [2.24, 2.45) is 5.73 Å². The van der Waals surface area contributed by atoms with Gasteiger partial charge in [0.25, 0.3) is 5.69 Å². The molecular formula is C11H10Cl2N4O2. The van der Waals surface area contributed by atoms with Gasteiger partial charge >= 0.3 is 0 Å². The van der Waals surface area contributed by atoms with Crippen LogP contribution in [-0.4, -0.2) is 21.0 Å². The lowest BCUT2D eigenvalue weighted by molar-refractivity contribution is -0.384. The lowest BCUT2D eigenvalue weighted by Crippen LogP contribution is -2.10. The highest BCUT2D eigenvalue weighted by molar-refractivity contribution is 6.42. The normalized spacial score (nSPS) is 10.7. The quantitative estimate of drug-likeness (QED) is 0.694. The van der Waals surface area contributed by atoms with Gasteiger partial charge in [0.1, 0.15) is 11.5 Å². The van der Waals surface area contributed by atoms with E-state index in [-0.39, 0.29) is 15.7 Å². The van der Waals surface area contributed by atoms with E-state index in [9.17, 15) is 10.1 Å². The molecule has 0 saturated heterocycles. The predicted molar refractivity (Wildman–Crippen MR) is 73.0 cm³/mol. The van der Waals surface area contributed by atoms with Crippen LogP contribution in [0.1, 0.15) is 5.82 Å². The van der Waals surface area contributed by atoms with Crippen LogP contribution in [0.5, 0.6) is 0 Å². The summed E-state index contributed by atoms with van der Waals surface area (Å²) in [7, 11) is 0. The molecular weight excluding hydrogens is 291 g/mol. The van der Waals surface area contributed by atoms with Crippen LogP contribution in [0.25, 0.3) is 5.69 Å². The number of nitrogens with two attached hydrogens (primary N) is 1. The van der Waals surface area contributed by atoms with Crippen molar-refractivity contribution in [3.05, 3.63) is 50.5 Å². The molecule has 0 radical (unpaired) electrons. The number of aromatic nitrogens is 2. The topological polar surface area (TPSA) is 87.0 Å². The molecule has 0 bridgehead atoms. The van der Waals surface area contributed by atoms with E-state index >= 15 is 0 Å². The second kappa shape index (κ2) is 5.56. The number of nitro groups is 1. The van der Waals surface area contributed by atoms with Crippen LogP contribution < -0.4 is 5.73 Å². The van der Waals surface area contributed by atoms with Crippen molar-refractivity contribution < 1.29 is 4.92 Å². The fourth-order valence-corrected chi connectivity index (χ4v) is 2.05. The van der Waals surface area contributed by atoms with Crippen molar-refractivity contribution in [1.29, 1.82) is 0 Å². The summed E-state index contributed by atoms with van der Waals surface area (Å²) in [6.07, 6.45) is 3.68. The number of benzene rings is 1. The van der Waals surface area contributed by atoms with Crippen LogP contribution in [-0.2, 0) is 6.42 Å². The van der Waals surface area contributed by atoms with E-state index in [2.05, 4.69) is 4.98 Å². The summed E-state index contributed by atoms with van der Waals surface area (Å²) in [5.74, 6) is 0.629. The molecule has 0 fully saturated rings. The van der Waals surface area contributed by atoms with E-state index in [0.717, 1.165) is 0 Å². The highest BCUT2D eigenvalue weighted by Gasteiger charge is 2.20. The molecule has 0 spiro atoms. The zero-order chi connectivity index (χ0) is 14.0. The Labute approximate surface area is 118 Å². The Bertz CT molecular complexity index is 627. The number of hydrogen-bond donors (Lipinski definition) is 1. The molecule has 2 rings (SSSR count). The first-order valence-corrected chi connectivity index (χ1v) is 6.16. The molecule has 6 nitrogen and oxygen atoms in total. The highest BCUT2D eigenvalue weighted by Crippen LogP contribution is 2.33. The van der Waals surface area contributed by atoms with E-state index in [1.807, 2.05) is 0 Å². The van der Waals surface area contributed by atoms with Crippen LogP contribution in [0.2, 0.25) is 10.0 Å². The number of nitrogens with zero attached hydrogens (tertiary/aromatic N) is 3. The zero-order valence-electron chi connectivity index (χ0n) is 9.72. The Balaban J connectivity index is 2.63.